The van der Waals surface area contributed by atoms with Gasteiger partial charge in [-0.05, 0) is 50.5 Å². The summed E-state index contributed by atoms with van der Waals surface area (Å²) in [5, 5.41) is 0. The Morgan fingerprint density at radius 1 is 1.29 bits per heavy atom. The summed E-state index contributed by atoms with van der Waals surface area (Å²) < 4.78 is 0. The Hall–Kier alpha value is -1.18. The smallest absolute Gasteiger partial charge is 0.0402 e. The van der Waals surface area contributed by atoms with Crippen LogP contribution >= 0.6 is 0 Å². The number of rotatable bonds is 1. The lowest BCUT2D eigenvalue weighted by atomic mass is 10.00. The molecule has 1 atom stereocenters. The number of hydrogen-bond donors (Lipinski definition) is 1. The number of hydrogen-bond acceptors (Lipinski definition) is 2. The van der Waals surface area contributed by atoms with Crippen molar-refractivity contribution in [2.45, 2.75) is 33.2 Å². The van der Waals surface area contributed by atoms with E-state index in [1.54, 1.807) is 0 Å². The summed E-state index contributed by atoms with van der Waals surface area (Å²) in [5.74, 6) is 0. The van der Waals surface area contributed by atoms with Crippen LogP contribution in [0.4, 0.5) is 11.4 Å². The second-order valence-corrected chi connectivity index (χ2v) is 4.33. The average molecular weight is 190 g/mol. The molecule has 1 saturated heterocycles. The Morgan fingerprint density at radius 2 is 2.00 bits per heavy atom. The normalized spacial score (nSPS) is 20.8. The molecule has 1 aliphatic rings. The van der Waals surface area contributed by atoms with Gasteiger partial charge in [0.2, 0.25) is 0 Å². The summed E-state index contributed by atoms with van der Waals surface area (Å²) in [4.78, 5) is 2.45. The van der Waals surface area contributed by atoms with Gasteiger partial charge < -0.3 is 10.6 Å². The molecule has 2 heteroatoms. The van der Waals surface area contributed by atoms with E-state index in [0.29, 0.717) is 6.04 Å². The highest BCUT2D eigenvalue weighted by atomic mass is 15.2. The monoisotopic (exact) mass is 190 g/mol. The van der Waals surface area contributed by atoms with Crippen molar-refractivity contribution in [3.63, 3.8) is 0 Å². The minimum Gasteiger partial charge on any atom is -0.399 e. The fraction of sp³-hybridized carbons (Fsp3) is 0.500. The molecule has 0 aromatic heterocycles. The van der Waals surface area contributed by atoms with E-state index in [1.165, 1.54) is 29.8 Å². The minimum absolute atomic E-state index is 0.691. The van der Waals surface area contributed by atoms with Gasteiger partial charge in [0, 0.05) is 24.0 Å². The predicted octanol–water partition coefficient (Wildman–Crippen LogP) is 2.48. The van der Waals surface area contributed by atoms with E-state index in [0.717, 1.165) is 5.69 Å². The number of nitrogen functional groups attached to an aromatic ring is 1. The van der Waals surface area contributed by atoms with E-state index >= 15 is 0 Å². The van der Waals surface area contributed by atoms with E-state index in [-0.39, 0.29) is 0 Å². The lowest BCUT2D eigenvalue weighted by Crippen LogP contribution is -2.46. The minimum atomic E-state index is 0.691. The maximum Gasteiger partial charge on any atom is 0.0402 e. The quantitative estimate of drug-likeness (QED) is 0.689. The van der Waals surface area contributed by atoms with Crippen molar-refractivity contribution in [3.8, 4) is 0 Å². The van der Waals surface area contributed by atoms with Crippen molar-refractivity contribution in [2.75, 3.05) is 17.2 Å². The third kappa shape index (κ3) is 1.35. The fourth-order valence-corrected chi connectivity index (χ4v) is 2.01. The van der Waals surface area contributed by atoms with Crippen LogP contribution in [-0.4, -0.2) is 12.6 Å². The molecule has 76 valence electrons. The standard InChI is InChI=1S/C12H18N2/c1-8-7-12(9(2)6-11(8)13)14-5-4-10(14)3/h6-7,10H,4-5,13H2,1-3H3. The van der Waals surface area contributed by atoms with Gasteiger partial charge in [-0.25, -0.2) is 0 Å². The van der Waals surface area contributed by atoms with Crippen molar-refractivity contribution in [3.05, 3.63) is 23.3 Å². The van der Waals surface area contributed by atoms with Gasteiger partial charge >= 0.3 is 0 Å². The molecule has 1 aliphatic heterocycles. The first-order valence-corrected chi connectivity index (χ1v) is 5.23. The number of benzene rings is 1. The second-order valence-electron chi connectivity index (χ2n) is 4.33. The van der Waals surface area contributed by atoms with Gasteiger partial charge in [0.15, 0.2) is 0 Å². The molecule has 0 bridgehead atoms. The van der Waals surface area contributed by atoms with E-state index < -0.39 is 0 Å². The molecule has 0 spiro atoms. The number of nitrogens with zero attached hydrogens (tertiary/aromatic N) is 1. The molecule has 1 heterocycles. The molecule has 14 heavy (non-hydrogen) atoms. The topological polar surface area (TPSA) is 29.3 Å². The maximum atomic E-state index is 5.87. The molecule has 1 aromatic carbocycles. The van der Waals surface area contributed by atoms with Crippen LogP contribution in [0.2, 0.25) is 0 Å². The van der Waals surface area contributed by atoms with Crippen LogP contribution in [0.25, 0.3) is 0 Å². The van der Waals surface area contributed by atoms with Crippen LogP contribution in [0, 0.1) is 13.8 Å². The van der Waals surface area contributed by atoms with Crippen molar-refractivity contribution >= 4 is 11.4 Å². The Bertz CT molecular complexity index is 358. The molecular weight excluding hydrogens is 172 g/mol. The summed E-state index contributed by atoms with van der Waals surface area (Å²) in [5.41, 5.74) is 10.6. The highest BCUT2D eigenvalue weighted by Crippen LogP contribution is 2.31. The Kier molecular flexibility index (Phi) is 2.14. The molecule has 1 fully saturated rings. The van der Waals surface area contributed by atoms with Gasteiger partial charge in [-0.2, -0.15) is 0 Å². The molecule has 1 aromatic rings. The van der Waals surface area contributed by atoms with Crippen molar-refractivity contribution in [1.82, 2.24) is 0 Å². The van der Waals surface area contributed by atoms with Crippen LogP contribution in [0.15, 0.2) is 12.1 Å². The molecule has 1 unspecified atom stereocenters. The molecular formula is C12H18N2. The molecule has 2 N–H and O–H groups in total. The van der Waals surface area contributed by atoms with E-state index in [9.17, 15) is 0 Å². The molecule has 0 amide bonds. The second kappa shape index (κ2) is 3.19. The third-order valence-electron chi connectivity index (χ3n) is 3.21. The summed E-state index contributed by atoms with van der Waals surface area (Å²) in [6, 6.07) is 4.98. The van der Waals surface area contributed by atoms with Gasteiger partial charge in [-0.15, -0.1) is 0 Å². The first-order valence-electron chi connectivity index (χ1n) is 5.23. The number of nitrogens with two attached hydrogens (primary N) is 1. The van der Waals surface area contributed by atoms with Crippen LogP contribution in [0.3, 0.4) is 0 Å². The fourth-order valence-electron chi connectivity index (χ4n) is 2.01. The van der Waals surface area contributed by atoms with E-state index in [4.69, 9.17) is 5.73 Å². The van der Waals surface area contributed by atoms with Crippen LogP contribution in [0.5, 0.6) is 0 Å². The van der Waals surface area contributed by atoms with Crippen LogP contribution < -0.4 is 10.6 Å². The SMILES string of the molecule is Cc1cc(N2CCC2C)c(C)cc1N. The summed E-state index contributed by atoms with van der Waals surface area (Å²) >= 11 is 0. The number of anilines is 2. The lowest BCUT2D eigenvalue weighted by molar-refractivity contribution is 0.480. The van der Waals surface area contributed by atoms with Crippen LogP contribution in [0.1, 0.15) is 24.5 Å². The summed E-state index contributed by atoms with van der Waals surface area (Å²) in [7, 11) is 0. The third-order valence-corrected chi connectivity index (χ3v) is 3.21. The summed E-state index contributed by atoms with van der Waals surface area (Å²) in [6.07, 6.45) is 1.31. The number of aryl methyl sites for hydroxylation is 2. The summed E-state index contributed by atoms with van der Waals surface area (Å²) in [6.45, 7) is 7.67. The Balaban J connectivity index is 2.38. The van der Waals surface area contributed by atoms with E-state index in [1.807, 2.05) is 0 Å². The van der Waals surface area contributed by atoms with Crippen molar-refractivity contribution in [2.24, 2.45) is 0 Å². The van der Waals surface area contributed by atoms with E-state index in [2.05, 4.69) is 37.8 Å². The Labute approximate surface area is 85.7 Å². The van der Waals surface area contributed by atoms with Crippen molar-refractivity contribution < 1.29 is 0 Å². The van der Waals surface area contributed by atoms with Gasteiger partial charge in [0.25, 0.3) is 0 Å². The largest absolute Gasteiger partial charge is 0.399 e. The van der Waals surface area contributed by atoms with Crippen LogP contribution in [-0.2, 0) is 0 Å². The maximum absolute atomic E-state index is 5.87. The van der Waals surface area contributed by atoms with Gasteiger partial charge in [0.05, 0.1) is 0 Å². The molecule has 0 radical (unpaired) electrons. The average Bonchev–Trinajstić information content (AvgIpc) is 2.12. The highest BCUT2D eigenvalue weighted by molar-refractivity contribution is 5.64. The first kappa shape index (κ1) is 9.38. The Morgan fingerprint density at radius 3 is 2.50 bits per heavy atom. The molecule has 2 rings (SSSR count). The predicted molar refractivity (Wildman–Crippen MR) is 61.8 cm³/mol. The van der Waals surface area contributed by atoms with Crippen molar-refractivity contribution in [1.29, 1.82) is 0 Å². The lowest BCUT2D eigenvalue weighted by Gasteiger charge is -2.42. The zero-order valence-electron chi connectivity index (χ0n) is 9.17. The highest BCUT2D eigenvalue weighted by Gasteiger charge is 2.24. The van der Waals surface area contributed by atoms with Gasteiger partial charge in [-0.1, -0.05) is 0 Å². The van der Waals surface area contributed by atoms with Gasteiger partial charge in [-0.3, -0.25) is 0 Å². The molecule has 2 nitrogen and oxygen atoms in total. The first-order chi connectivity index (χ1) is 6.59. The zero-order chi connectivity index (χ0) is 10.3. The zero-order valence-corrected chi connectivity index (χ0v) is 9.17. The van der Waals surface area contributed by atoms with Gasteiger partial charge in [0.1, 0.15) is 0 Å². The molecule has 0 aliphatic carbocycles. The molecule has 0 saturated carbocycles.